The van der Waals surface area contributed by atoms with E-state index in [0.29, 0.717) is 11.4 Å². The summed E-state index contributed by atoms with van der Waals surface area (Å²) < 4.78 is 39.1. The molecule has 0 aliphatic rings. The van der Waals surface area contributed by atoms with Gasteiger partial charge in [0.2, 0.25) is 0 Å². The topological polar surface area (TPSA) is 85.9 Å². The van der Waals surface area contributed by atoms with Gasteiger partial charge in [-0.3, -0.25) is 9.78 Å². The van der Waals surface area contributed by atoms with E-state index in [-0.39, 0.29) is 31.5 Å². The standard InChI is InChI=1S/C11H8ClF3N2O3SSi/c12-6-5(11(13,14)15)1-4-7(8(6)21-3-22-2-18)16-10(20)17-9(4)19/h1,18H,2-3H2,(H2,16,17,19,20). The maximum Gasteiger partial charge on any atom is 0.417 e. The monoisotopic (exact) mass is 368 g/mol. The number of aromatic amines is 2. The van der Waals surface area contributed by atoms with Crippen molar-refractivity contribution in [1.29, 1.82) is 0 Å². The Morgan fingerprint density at radius 1 is 1.32 bits per heavy atom. The van der Waals surface area contributed by atoms with Gasteiger partial charge < -0.3 is 10.1 Å². The number of aromatic nitrogens is 2. The van der Waals surface area contributed by atoms with E-state index in [1.54, 1.807) is 0 Å². The first kappa shape index (κ1) is 17.1. The third kappa shape index (κ3) is 3.40. The molecule has 0 atom stereocenters. The van der Waals surface area contributed by atoms with E-state index in [9.17, 15) is 22.8 Å². The van der Waals surface area contributed by atoms with Crippen LogP contribution < -0.4 is 11.2 Å². The molecule has 1 aromatic heterocycles. The van der Waals surface area contributed by atoms with E-state index in [2.05, 4.69) is 4.98 Å². The number of hydrogen-bond donors (Lipinski definition) is 3. The second-order valence-corrected chi connectivity index (χ2v) is 7.14. The van der Waals surface area contributed by atoms with E-state index < -0.39 is 28.0 Å². The Morgan fingerprint density at radius 2 is 2.00 bits per heavy atom. The van der Waals surface area contributed by atoms with Crippen LogP contribution in [0.25, 0.3) is 10.9 Å². The van der Waals surface area contributed by atoms with Crippen molar-refractivity contribution in [3.63, 3.8) is 0 Å². The van der Waals surface area contributed by atoms with Crippen molar-refractivity contribution in [1.82, 2.24) is 9.97 Å². The third-order valence-electron chi connectivity index (χ3n) is 2.67. The van der Waals surface area contributed by atoms with Gasteiger partial charge in [0.1, 0.15) is 0 Å². The van der Waals surface area contributed by atoms with Gasteiger partial charge in [0.25, 0.3) is 5.56 Å². The number of nitrogens with one attached hydrogen (secondary N) is 2. The Morgan fingerprint density at radius 3 is 2.59 bits per heavy atom. The summed E-state index contributed by atoms with van der Waals surface area (Å²) in [4.78, 5) is 27.2. The Balaban J connectivity index is 2.78. The van der Waals surface area contributed by atoms with Crippen LogP contribution >= 0.6 is 23.4 Å². The molecule has 11 heteroatoms. The van der Waals surface area contributed by atoms with Crippen LogP contribution in [0.15, 0.2) is 20.6 Å². The van der Waals surface area contributed by atoms with Crippen molar-refractivity contribution in [3.05, 3.63) is 37.5 Å². The molecule has 0 fully saturated rings. The first-order valence-electron chi connectivity index (χ1n) is 5.76. The van der Waals surface area contributed by atoms with Gasteiger partial charge in [-0.15, -0.1) is 11.8 Å². The van der Waals surface area contributed by atoms with Gasteiger partial charge in [0.05, 0.1) is 35.9 Å². The highest BCUT2D eigenvalue weighted by atomic mass is 35.5. The molecule has 0 aliphatic carbocycles. The van der Waals surface area contributed by atoms with Crippen LogP contribution in [0.5, 0.6) is 0 Å². The average Bonchev–Trinajstić information content (AvgIpc) is 2.39. The minimum atomic E-state index is -4.73. The first-order chi connectivity index (χ1) is 10.3. The second-order valence-electron chi connectivity index (χ2n) is 4.09. The molecular formula is C11H8ClF3N2O3SSi. The highest BCUT2D eigenvalue weighted by Gasteiger charge is 2.35. The fourth-order valence-corrected chi connectivity index (χ4v) is 4.08. The lowest BCUT2D eigenvalue weighted by atomic mass is 10.1. The van der Waals surface area contributed by atoms with E-state index in [1.807, 2.05) is 4.98 Å². The van der Waals surface area contributed by atoms with Crippen molar-refractivity contribution >= 4 is 43.8 Å². The Kier molecular flexibility index (Phi) is 5.05. The predicted molar refractivity (Wildman–Crippen MR) is 78.8 cm³/mol. The van der Waals surface area contributed by atoms with Crippen LogP contribution in [-0.2, 0) is 6.18 Å². The maximum atomic E-state index is 13.0. The average molecular weight is 369 g/mol. The van der Waals surface area contributed by atoms with Gasteiger partial charge in [-0.2, -0.15) is 13.2 Å². The van der Waals surface area contributed by atoms with Gasteiger partial charge in [-0.25, -0.2) is 4.79 Å². The third-order valence-corrected chi connectivity index (χ3v) is 5.49. The number of halogens is 4. The van der Waals surface area contributed by atoms with Gasteiger partial charge in [0.15, 0.2) is 0 Å². The van der Waals surface area contributed by atoms with Crippen LogP contribution in [-0.4, -0.2) is 36.2 Å². The summed E-state index contributed by atoms with van der Waals surface area (Å²) >= 11 is 6.77. The number of thioether (sulfide) groups is 1. The molecule has 0 saturated heterocycles. The zero-order valence-corrected chi connectivity index (χ0v) is 13.2. The molecule has 0 amide bonds. The number of aliphatic hydroxyl groups is 1. The summed E-state index contributed by atoms with van der Waals surface area (Å²) in [5.41, 5.74) is -2.94. The van der Waals surface area contributed by atoms with Crippen molar-refractivity contribution in [2.45, 2.75) is 11.1 Å². The lowest BCUT2D eigenvalue weighted by Gasteiger charge is -2.14. The molecule has 118 valence electrons. The van der Waals surface area contributed by atoms with Crippen LogP contribution in [0, 0.1) is 0 Å². The van der Waals surface area contributed by atoms with Gasteiger partial charge in [-0.05, 0) is 11.4 Å². The molecule has 5 nitrogen and oxygen atoms in total. The second kappa shape index (κ2) is 6.48. The van der Waals surface area contributed by atoms with Gasteiger partial charge in [0, 0.05) is 6.23 Å². The number of H-pyrrole nitrogens is 2. The summed E-state index contributed by atoms with van der Waals surface area (Å²) in [6, 6.07) is 0.616. The molecule has 2 radical (unpaired) electrons. The van der Waals surface area contributed by atoms with Crippen molar-refractivity contribution in [3.8, 4) is 0 Å². The molecular weight excluding hydrogens is 361 g/mol. The molecule has 1 aromatic carbocycles. The molecule has 2 aromatic rings. The zero-order valence-electron chi connectivity index (χ0n) is 10.7. The highest BCUT2D eigenvalue weighted by Crippen LogP contribution is 2.42. The summed E-state index contributed by atoms with van der Waals surface area (Å²) in [5, 5.41) is 8.20. The minimum Gasteiger partial charge on any atom is -0.400 e. The summed E-state index contributed by atoms with van der Waals surface area (Å²) in [6.07, 6.45) is -4.85. The largest absolute Gasteiger partial charge is 0.417 e. The molecule has 2 rings (SSSR count). The Bertz CT molecular complexity index is 821. The predicted octanol–water partition coefficient (Wildman–Crippen LogP) is 1.59. The van der Waals surface area contributed by atoms with Crippen LogP contribution in [0.2, 0.25) is 5.02 Å². The fourth-order valence-electron chi connectivity index (χ4n) is 1.76. The quantitative estimate of drug-likeness (QED) is 0.434. The van der Waals surface area contributed by atoms with Crippen molar-refractivity contribution in [2.75, 3.05) is 11.6 Å². The molecule has 1 heterocycles. The van der Waals surface area contributed by atoms with Crippen LogP contribution in [0.1, 0.15) is 5.56 Å². The summed E-state index contributed by atoms with van der Waals surface area (Å²) in [7, 11) is 0.0865. The normalized spacial score (nSPS) is 12.0. The first-order valence-corrected chi connectivity index (χ1v) is 8.54. The molecule has 0 unspecified atom stereocenters. The molecule has 22 heavy (non-hydrogen) atoms. The highest BCUT2D eigenvalue weighted by molar-refractivity contribution is 8.00. The molecule has 0 bridgehead atoms. The Hall–Kier alpha value is -1.23. The van der Waals surface area contributed by atoms with E-state index >= 15 is 0 Å². The fraction of sp³-hybridized carbons (Fsp3) is 0.273. The number of alkyl halides is 3. The number of rotatable bonds is 4. The SMILES string of the molecule is O=c1[nH]c(=O)c2cc(C(F)(F)F)c(Cl)c(SC[Si]CO)c2[nH]1. The van der Waals surface area contributed by atoms with E-state index in [1.165, 1.54) is 0 Å². The van der Waals surface area contributed by atoms with Crippen LogP contribution in [0.3, 0.4) is 0 Å². The van der Waals surface area contributed by atoms with E-state index in [4.69, 9.17) is 16.7 Å². The number of fused-ring (bicyclic) bond motifs is 1. The number of benzene rings is 1. The van der Waals surface area contributed by atoms with Crippen LogP contribution in [0.4, 0.5) is 13.2 Å². The number of hydrogen-bond acceptors (Lipinski definition) is 4. The minimum absolute atomic E-state index is 0.0318. The summed E-state index contributed by atoms with van der Waals surface area (Å²) in [5.74, 6) is 0. The van der Waals surface area contributed by atoms with Gasteiger partial charge >= 0.3 is 11.9 Å². The van der Waals surface area contributed by atoms with E-state index in [0.717, 1.165) is 11.8 Å². The molecule has 0 aliphatic heterocycles. The molecule has 0 saturated carbocycles. The van der Waals surface area contributed by atoms with Gasteiger partial charge in [-0.1, -0.05) is 11.6 Å². The zero-order chi connectivity index (χ0) is 16.5. The van der Waals surface area contributed by atoms with Crippen molar-refractivity contribution in [2.24, 2.45) is 0 Å². The molecule has 0 spiro atoms. The maximum absolute atomic E-state index is 13.0. The Labute approximate surface area is 132 Å². The lowest BCUT2D eigenvalue weighted by Crippen LogP contribution is -2.23. The number of aliphatic hydroxyl groups excluding tert-OH is 1. The van der Waals surface area contributed by atoms with Crippen molar-refractivity contribution < 1.29 is 18.3 Å². The smallest absolute Gasteiger partial charge is 0.400 e. The summed E-state index contributed by atoms with van der Waals surface area (Å²) in [6.45, 7) is 0. The molecule has 3 N–H and O–H groups in total. The lowest BCUT2D eigenvalue weighted by molar-refractivity contribution is -0.137.